The second-order valence-corrected chi connectivity index (χ2v) is 5.41. The lowest BCUT2D eigenvalue weighted by Crippen LogP contribution is -2.28. The van der Waals surface area contributed by atoms with Gasteiger partial charge in [0.25, 0.3) is 0 Å². The molecule has 2 unspecified atom stereocenters. The monoisotopic (exact) mass is 288 g/mol. The fourth-order valence-electron chi connectivity index (χ4n) is 2.44. The highest BCUT2D eigenvalue weighted by molar-refractivity contribution is 5.28. The Morgan fingerprint density at radius 3 is 2.52 bits per heavy atom. The molecule has 0 aliphatic carbocycles. The van der Waals surface area contributed by atoms with E-state index in [2.05, 4.69) is 16.8 Å². The van der Waals surface area contributed by atoms with Crippen molar-refractivity contribution in [3.05, 3.63) is 65.2 Å². The van der Waals surface area contributed by atoms with E-state index in [0.717, 1.165) is 16.7 Å². The summed E-state index contributed by atoms with van der Waals surface area (Å²) in [6.45, 7) is 4.38. The minimum Gasteiger partial charge on any atom is -0.387 e. The molecule has 1 aromatic heterocycles. The molecular weight excluding hydrogens is 267 g/mol. The fraction of sp³-hybridized carbons (Fsp3) is 0.353. The van der Waals surface area contributed by atoms with Crippen LogP contribution in [0.5, 0.6) is 0 Å². The number of hydrogen-bond donors (Lipinski definition) is 1. The normalized spacial score (nSPS) is 14.2. The van der Waals surface area contributed by atoms with E-state index >= 15 is 0 Å². The van der Waals surface area contributed by atoms with Crippen molar-refractivity contribution in [1.82, 2.24) is 9.88 Å². The summed E-state index contributed by atoms with van der Waals surface area (Å²) in [4.78, 5) is 6.08. The molecule has 1 heterocycles. The van der Waals surface area contributed by atoms with Crippen LogP contribution in [-0.4, -0.2) is 28.6 Å². The first-order valence-electron chi connectivity index (χ1n) is 7.03. The molecule has 1 N–H and O–H groups in total. The van der Waals surface area contributed by atoms with Crippen LogP contribution < -0.4 is 0 Å². The van der Waals surface area contributed by atoms with Gasteiger partial charge in [-0.05, 0) is 61.9 Å². The molecule has 0 fully saturated rings. The number of pyridine rings is 1. The molecule has 0 saturated heterocycles. The number of nitrogens with zero attached hydrogens (tertiary/aromatic N) is 2. The van der Waals surface area contributed by atoms with Gasteiger partial charge in [0.2, 0.25) is 0 Å². The lowest BCUT2D eigenvalue weighted by atomic mass is 10.0. The van der Waals surface area contributed by atoms with Gasteiger partial charge in [0.1, 0.15) is 5.82 Å². The molecule has 0 saturated carbocycles. The third-order valence-corrected chi connectivity index (χ3v) is 3.90. The summed E-state index contributed by atoms with van der Waals surface area (Å²) in [5.41, 5.74) is 2.69. The summed E-state index contributed by atoms with van der Waals surface area (Å²) in [5, 5.41) is 10.4. The Bertz CT molecular complexity index is 589. The van der Waals surface area contributed by atoms with Gasteiger partial charge in [-0.25, -0.2) is 4.39 Å². The lowest BCUT2D eigenvalue weighted by Gasteiger charge is -2.28. The third kappa shape index (κ3) is 3.86. The maximum absolute atomic E-state index is 13.1. The molecule has 3 nitrogen and oxygen atoms in total. The Kier molecular flexibility index (Phi) is 5.04. The predicted octanol–water partition coefficient (Wildman–Crippen LogP) is 3.26. The smallest absolute Gasteiger partial charge is 0.123 e. The van der Waals surface area contributed by atoms with Crippen molar-refractivity contribution in [3.63, 3.8) is 0 Å². The predicted molar refractivity (Wildman–Crippen MR) is 81.4 cm³/mol. The first kappa shape index (κ1) is 15.6. The molecule has 4 heteroatoms. The van der Waals surface area contributed by atoms with Crippen molar-refractivity contribution >= 4 is 0 Å². The maximum atomic E-state index is 13.1. The van der Waals surface area contributed by atoms with Crippen LogP contribution in [0.4, 0.5) is 4.39 Å². The van der Waals surface area contributed by atoms with Crippen molar-refractivity contribution in [1.29, 1.82) is 0 Å². The Hall–Kier alpha value is -1.78. The fourth-order valence-corrected chi connectivity index (χ4v) is 2.44. The molecule has 2 aromatic rings. The van der Waals surface area contributed by atoms with Gasteiger partial charge in [0.15, 0.2) is 0 Å². The van der Waals surface area contributed by atoms with Gasteiger partial charge in [0, 0.05) is 25.0 Å². The second kappa shape index (κ2) is 6.78. The first-order valence-corrected chi connectivity index (χ1v) is 7.03. The number of rotatable bonds is 5. The molecule has 0 radical (unpaired) electrons. The van der Waals surface area contributed by atoms with E-state index in [-0.39, 0.29) is 11.9 Å². The van der Waals surface area contributed by atoms with Gasteiger partial charge >= 0.3 is 0 Å². The van der Waals surface area contributed by atoms with E-state index in [4.69, 9.17) is 0 Å². The van der Waals surface area contributed by atoms with Crippen molar-refractivity contribution in [2.45, 2.75) is 26.0 Å². The zero-order valence-electron chi connectivity index (χ0n) is 12.6. The standard InChI is InChI=1S/C17H21FN2O/c1-12-10-15(18)4-5-16(12)17(21)11-20(3)13(2)14-6-8-19-9-7-14/h4-10,13,17,21H,11H2,1-3H3. The third-order valence-electron chi connectivity index (χ3n) is 3.90. The average Bonchev–Trinajstić information content (AvgIpc) is 2.47. The Balaban J connectivity index is 2.06. The summed E-state index contributed by atoms with van der Waals surface area (Å²) in [7, 11) is 1.97. The van der Waals surface area contributed by atoms with E-state index in [1.54, 1.807) is 18.5 Å². The topological polar surface area (TPSA) is 36.4 Å². The van der Waals surface area contributed by atoms with Crippen LogP contribution in [-0.2, 0) is 0 Å². The molecule has 2 rings (SSSR count). The van der Waals surface area contributed by atoms with E-state index in [9.17, 15) is 9.50 Å². The number of halogens is 1. The molecule has 2 atom stereocenters. The lowest BCUT2D eigenvalue weighted by molar-refractivity contribution is 0.108. The van der Waals surface area contributed by atoms with Gasteiger partial charge in [-0.2, -0.15) is 0 Å². The van der Waals surface area contributed by atoms with E-state index in [0.29, 0.717) is 6.54 Å². The molecule has 0 amide bonds. The number of likely N-dealkylation sites (N-methyl/N-ethyl adjacent to an activating group) is 1. The zero-order chi connectivity index (χ0) is 15.4. The van der Waals surface area contributed by atoms with Gasteiger partial charge < -0.3 is 5.11 Å². The average molecular weight is 288 g/mol. The molecule has 0 spiro atoms. The van der Waals surface area contributed by atoms with Gasteiger partial charge in [-0.15, -0.1) is 0 Å². The van der Waals surface area contributed by atoms with Crippen LogP contribution in [0.25, 0.3) is 0 Å². The van der Waals surface area contributed by atoms with Crippen molar-refractivity contribution in [3.8, 4) is 0 Å². The van der Waals surface area contributed by atoms with Crippen LogP contribution in [0.3, 0.4) is 0 Å². The number of aromatic nitrogens is 1. The Morgan fingerprint density at radius 1 is 1.24 bits per heavy atom. The van der Waals surface area contributed by atoms with Crippen LogP contribution in [0.1, 0.15) is 35.8 Å². The van der Waals surface area contributed by atoms with E-state index in [1.165, 1.54) is 12.1 Å². The molecule has 1 aromatic carbocycles. The van der Waals surface area contributed by atoms with Crippen molar-refractivity contribution in [2.75, 3.05) is 13.6 Å². The van der Waals surface area contributed by atoms with Crippen LogP contribution in [0, 0.1) is 12.7 Å². The van der Waals surface area contributed by atoms with E-state index in [1.807, 2.05) is 26.1 Å². The zero-order valence-corrected chi connectivity index (χ0v) is 12.6. The quantitative estimate of drug-likeness (QED) is 0.917. The largest absolute Gasteiger partial charge is 0.387 e. The number of benzene rings is 1. The van der Waals surface area contributed by atoms with E-state index < -0.39 is 6.10 Å². The maximum Gasteiger partial charge on any atom is 0.123 e. The van der Waals surface area contributed by atoms with Crippen molar-refractivity contribution < 1.29 is 9.50 Å². The minimum atomic E-state index is -0.639. The van der Waals surface area contributed by atoms with Crippen molar-refractivity contribution in [2.24, 2.45) is 0 Å². The number of aliphatic hydroxyl groups is 1. The molecule has 0 bridgehead atoms. The highest BCUT2D eigenvalue weighted by atomic mass is 19.1. The SMILES string of the molecule is Cc1cc(F)ccc1C(O)CN(C)C(C)c1ccncc1. The Labute approximate surface area is 125 Å². The van der Waals surface area contributed by atoms with Crippen LogP contribution in [0.2, 0.25) is 0 Å². The summed E-state index contributed by atoms with van der Waals surface area (Å²) < 4.78 is 13.1. The molecule has 21 heavy (non-hydrogen) atoms. The summed E-state index contributed by atoms with van der Waals surface area (Å²) >= 11 is 0. The molecule has 0 aliphatic heterocycles. The minimum absolute atomic E-state index is 0.170. The van der Waals surface area contributed by atoms with Gasteiger partial charge in [-0.1, -0.05) is 6.07 Å². The number of aryl methyl sites for hydroxylation is 1. The summed E-state index contributed by atoms with van der Waals surface area (Å²) in [6, 6.07) is 8.60. The molecule has 0 aliphatic rings. The molecule has 112 valence electrons. The summed E-state index contributed by atoms with van der Waals surface area (Å²) in [6.07, 6.45) is 2.89. The van der Waals surface area contributed by atoms with Crippen LogP contribution in [0.15, 0.2) is 42.7 Å². The number of aliphatic hydroxyl groups excluding tert-OH is 1. The first-order chi connectivity index (χ1) is 9.99. The van der Waals surface area contributed by atoms with Gasteiger partial charge in [0.05, 0.1) is 6.10 Å². The second-order valence-electron chi connectivity index (χ2n) is 5.41. The molecular formula is C17H21FN2O. The summed E-state index contributed by atoms with van der Waals surface area (Å²) in [5.74, 6) is -0.276. The van der Waals surface area contributed by atoms with Gasteiger partial charge in [-0.3, -0.25) is 9.88 Å². The number of hydrogen-bond acceptors (Lipinski definition) is 3. The van der Waals surface area contributed by atoms with Crippen LogP contribution >= 0.6 is 0 Å². The highest BCUT2D eigenvalue weighted by Crippen LogP contribution is 2.23. The highest BCUT2D eigenvalue weighted by Gasteiger charge is 2.18. The Morgan fingerprint density at radius 2 is 1.90 bits per heavy atom.